The number of amides is 1. The fourth-order valence-electron chi connectivity index (χ4n) is 3.99. The Labute approximate surface area is 224 Å². The molecule has 2 heterocycles. The molecule has 38 heavy (non-hydrogen) atoms. The second-order valence-electron chi connectivity index (χ2n) is 9.12. The quantitative estimate of drug-likeness (QED) is 0.136. The van der Waals surface area contributed by atoms with Gasteiger partial charge in [0.15, 0.2) is 0 Å². The van der Waals surface area contributed by atoms with E-state index in [1.54, 1.807) is 0 Å². The lowest BCUT2D eigenvalue weighted by Gasteiger charge is -2.28. The molecule has 1 atom stereocenters. The summed E-state index contributed by atoms with van der Waals surface area (Å²) in [6, 6.07) is 13.2. The van der Waals surface area contributed by atoms with Crippen molar-refractivity contribution in [3.8, 4) is 11.8 Å². The number of benzene rings is 1. The number of nitrogens with zero attached hydrogens (tertiary/aromatic N) is 3. The van der Waals surface area contributed by atoms with Crippen LogP contribution in [0.5, 0.6) is 5.75 Å². The van der Waals surface area contributed by atoms with Crippen molar-refractivity contribution < 1.29 is 22.9 Å². The lowest BCUT2D eigenvalue weighted by atomic mass is 10.0. The Bertz CT molecular complexity index is 1230. The number of carbonyl (C=O) groups excluding carboxylic acids is 1. The molecular formula is C28H35FN4O4S. The Balaban J connectivity index is 1.45. The maximum Gasteiger partial charge on any atom is 0.262 e. The SMILES string of the molecule is C=S1(=O)CCN(CCOCCOc2ccc(C(CCC)NC(=O)/C(C#N)=C/c3cccc(F)n3)cc2)CC1. The van der Waals surface area contributed by atoms with E-state index in [4.69, 9.17) is 9.47 Å². The second-order valence-corrected chi connectivity index (χ2v) is 11.9. The third-order valence-electron chi connectivity index (χ3n) is 6.17. The molecule has 1 aromatic carbocycles. The molecule has 1 aliphatic heterocycles. The summed E-state index contributed by atoms with van der Waals surface area (Å²) in [5.74, 6) is 4.55. The van der Waals surface area contributed by atoms with Crippen LogP contribution in [0.3, 0.4) is 0 Å². The summed E-state index contributed by atoms with van der Waals surface area (Å²) >= 11 is 0. The number of hydrogen-bond donors (Lipinski definition) is 1. The summed E-state index contributed by atoms with van der Waals surface area (Å²) in [5, 5.41) is 12.4. The van der Waals surface area contributed by atoms with E-state index in [1.165, 1.54) is 24.3 Å². The molecule has 10 heteroatoms. The number of carbonyl (C=O) groups is 1. The molecule has 0 spiro atoms. The van der Waals surface area contributed by atoms with Gasteiger partial charge in [0.25, 0.3) is 5.91 Å². The molecule has 1 N–H and O–H groups in total. The summed E-state index contributed by atoms with van der Waals surface area (Å²) in [4.78, 5) is 18.7. The standard InChI is InChI=1S/C28H35FN4O4S/c1-3-5-26(32-28(34)23(21-30)20-24-6-4-7-27(29)31-24)22-8-10-25(11-9-22)37-17-16-36-15-12-33-13-18-38(2,35)19-14-33/h4,6-11,20,26H,2-3,5,12-19H2,1H3,(H,32,34)/b23-20+. The summed E-state index contributed by atoms with van der Waals surface area (Å²) < 4.78 is 36.7. The summed E-state index contributed by atoms with van der Waals surface area (Å²) in [6.07, 6.45) is 2.77. The maximum absolute atomic E-state index is 13.4. The van der Waals surface area contributed by atoms with Crippen molar-refractivity contribution in [2.45, 2.75) is 25.8 Å². The molecule has 1 saturated heterocycles. The maximum atomic E-state index is 13.4. The molecule has 1 aromatic heterocycles. The first kappa shape index (κ1) is 29.3. The van der Waals surface area contributed by atoms with E-state index in [1.807, 2.05) is 37.3 Å². The highest BCUT2D eigenvalue weighted by Gasteiger charge is 2.18. The van der Waals surface area contributed by atoms with E-state index in [2.05, 4.69) is 21.1 Å². The third kappa shape index (κ3) is 9.56. The average Bonchev–Trinajstić information content (AvgIpc) is 2.90. The van der Waals surface area contributed by atoms with Crippen LogP contribution < -0.4 is 10.1 Å². The third-order valence-corrected chi connectivity index (χ3v) is 8.02. The monoisotopic (exact) mass is 542 g/mol. The van der Waals surface area contributed by atoms with Crippen LogP contribution in [0.2, 0.25) is 0 Å². The molecule has 1 fully saturated rings. The van der Waals surface area contributed by atoms with Crippen LogP contribution in [0.4, 0.5) is 4.39 Å². The van der Waals surface area contributed by atoms with Gasteiger partial charge in [-0.05, 0) is 57.7 Å². The minimum atomic E-state index is -1.87. The molecule has 204 valence electrons. The zero-order valence-corrected chi connectivity index (χ0v) is 22.6. The van der Waals surface area contributed by atoms with Gasteiger partial charge in [0, 0.05) is 31.1 Å². The van der Waals surface area contributed by atoms with E-state index in [9.17, 15) is 18.7 Å². The molecule has 1 unspecified atom stereocenters. The number of halogens is 1. The lowest BCUT2D eigenvalue weighted by Crippen LogP contribution is -2.41. The summed E-state index contributed by atoms with van der Waals surface area (Å²) in [6.45, 7) is 5.87. The number of nitrogens with one attached hydrogen (secondary N) is 1. The highest BCUT2D eigenvalue weighted by molar-refractivity contribution is 8.00. The Morgan fingerprint density at radius 3 is 2.63 bits per heavy atom. The fourth-order valence-corrected chi connectivity index (χ4v) is 5.37. The van der Waals surface area contributed by atoms with Gasteiger partial charge in [-0.2, -0.15) is 9.65 Å². The smallest absolute Gasteiger partial charge is 0.262 e. The van der Waals surface area contributed by atoms with Crippen molar-refractivity contribution in [2.24, 2.45) is 0 Å². The molecule has 3 rings (SSSR count). The van der Waals surface area contributed by atoms with Crippen molar-refractivity contribution in [1.29, 1.82) is 5.26 Å². The molecule has 1 amide bonds. The van der Waals surface area contributed by atoms with Crippen molar-refractivity contribution in [3.63, 3.8) is 0 Å². The van der Waals surface area contributed by atoms with Gasteiger partial charge in [-0.1, -0.05) is 31.5 Å². The predicted molar refractivity (Wildman–Crippen MR) is 148 cm³/mol. The van der Waals surface area contributed by atoms with E-state index < -0.39 is 21.4 Å². The molecule has 1 aliphatic rings. The lowest BCUT2D eigenvalue weighted by molar-refractivity contribution is -0.117. The number of ether oxygens (including phenoxy) is 2. The van der Waals surface area contributed by atoms with Crippen molar-refractivity contribution in [1.82, 2.24) is 15.2 Å². The van der Waals surface area contributed by atoms with E-state index in [0.717, 1.165) is 31.6 Å². The molecule has 2 aromatic rings. The topological polar surface area (TPSA) is 105 Å². The van der Waals surface area contributed by atoms with Gasteiger partial charge in [0.1, 0.15) is 24.0 Å². The van der Waals surface area contributed by atoms with Crippen LogP contribution in [0.1, 0.15) is 37.1 Å². The normalized spacial score (nSPS) is 16.4. The molecular weight excluding hydrogens is 507 g/mol. The number of nitriles is 1. The Kier molecular flexibility index (Phi) is 11.3. The van der Waals surface area contributed by atoms with Gasteiger partial charge in [-0.25, -0.2) is 4.98 Å². The van der Waals surface area contributed by atoms with E-state index in [0.29, 0.717) is 43.5 Å². The van der Waals surface area contributed by atoms with Crippen LogP contribution in [0.15, 0.2) is 48.0 Å². The summed E-state index contributed by atoms with van der Waals surface area (Å²) in [7, 11) is -1.87. The van der Waals surface area contributed by atoms with Crippen LogP contribution in [0.25, 0.3) is 6.08 Å². The van der Waals surface area contributed by atoms with Gasteiger partial charge in [0.2, 0.25) is 5.95 Å². The predicted octanol–water partition coefficient (Wildman–Crippen LogP) is 3.21. The van der Waals surface area contributed by atoms with E-state index >= 15 is 0 Å². The van der Waals surface area contributed by atoms with Crippen molar-refractivity contribution >= 4 is 27.4 Å². The highest BCUT2D eigenvalue weighted by Crippen LogP contribution is 2.22. The van der Waals surface area contributed by atoms with Crippen LogP contribution >= 0.6 is 0 Å². The van der Waals surface area contributed by atoms with Crippen molar-refractivity contribution in [2.75, 3.05) is 51.0 Å². The Morgan fingerprint density at radius 2 is 1.97 bits per heavy atom. The van der Waals surface area contributed by atoms with Gasteiger partial charge < -0.3 is 14.8 Å². The number of hydrogen-bond acceptors (Lipinski definition) is 7. The number of rotatable bonds is 13. The highest BCUT2D eigenvalue weighted by atomic mass is 32.2. The van der Waals surface area contributed by atoms with Crippen LogP contribution in [-0.4, -0.2) is 76.8 Å². The van der Waals surface area contributed by atoms with Crippen LogP contribution in [0, 0.1) is 17.3 Å². The first-order chi connectivity index (χ1) is 18.3. The Hall–Kier alpha value is -3.26. The first-order valence-electron chi connectivity index (χ1n) is 12.7. The molecule has 0 radical (unpaired) electrons. The van der Waals surface area contributed by atoms with Crippen molar-refractivity contribution in [3.05, 3.63) is 65.2 Å². The summed E-state index contributed by atoms with van der Waals surface area (Å²) in [5.41, 5.74) is 0.940. The van der Waals surface area contributed by atoms with E-state index in [-0.39, 0.29) is 17.3 Å². The fraction of sp³-hybridized carbons (Fsp3) is 0.429. The van der Waals surface area contributed by atoms with Gasteiger partial charge in [-0.3, -0.25) is 13.9 Å². The van der Waals surface area contributed by atoms with Gasteiger partial charge in [0.05, 0.1) is 24.9 Å². The minimum absolute atomic E-state index is 0.147. The number of aromatic nitrogens is 1. The molecule has 0 aliphatic carbocycles. The largest absolute Gasteiger partial charge is 0.491 e. The molecule has 8 nitrogen and oxygen atoms in total. The minimum Gasteiger partial charge on any atom is -0.491 e. The zero-order chi connectivity index (χ0) is 27.4. The average molecular weight is 543 g/mol. The Morgan fingerprint density at radius 1 is 1.24 bits per heavy atom. The molecule has 0 saturated carbocycles. The number of pyridine rings is 1. The zero-order valence-electron chi connectivity index (χ0n) is 21.7. The van der Waals surface area contributed by atoms with Gasteiger partial charge >= 0.3 is 0 Å². The molecule has 0 bridgehead atoms. The second kappa shape index (κ2) is 14.6. The first-order valence-corrected chi connectivity index (χ1v) is 14.8. The van der Waals surface area contributed by atoms with Gasteiger partial charge in [-0.15, -0.1) is 0 Å². The van der Waals surface area contributed by atoms with Crippen LogP contribution in [-0.2, 0) is 19.1 Å².